The number of fused-ring (bicyclic) bond motifs is 4. The number of nitrogens with zero attached hydrogens (tertiary/aromatic N) is 3. The summed E-state index contributed by atoms with van der Waals surface area (Å²) in [5.74, 6) is 2.01. The number of aromatic nitrogens is 3. The molecule has 1 aliphatic rings. The first-order valence-electron chi connectivity index (χ1n) is 15.8. The van der Waals surface area contributed by atoms with E-state index >= 15 is 0 Å². The van der Waals surface area contributed by atoms with Crippen LogP contribution in [0.2, 0.25) is 0 Å². The van der Waals surface area contributed by atoms with Crippen LogP contribution in [0.25, 0.3) is 66.8 Å². The molecule has 0 radical (unpaired) electrons. The lowest BCUT2D eigenvalue weighted by Gasteiger charge is -2.22. The summed E-state index contributed by atoms with van der Waals surface area (Å²) in [6.45, 7) is 9.46. The summed E-state index contributed by atoms with van der Waals surface area (Å²) in [6.07, 6.45) is 1.15. The van der Waals surface area contributed by atoms with Crippen molar-refractivity contribution in [2.75, 3.05) is 0 Å². The lowest BCUT2D eigenvalue weighted by atomic mass is 9.82. The van der Waals surface area contributed by atoms with Crippen LogP contribution in [0, 0.1) is 0 Å². The fourth-order valence-electron chi connectivity index (χ4n) is 7.58. The Morgan fingerprint density at radius 3 is 1.89 bits per heavy atom. The minimum absolute atomic E-state index is 0.143. The summed E-state index contributed by atoms with van der Waals surface area (Å²) in [5.41, 5.74) is 8.56. The topological polar surface area (TPSA) is 38.7 Å². The molecule has 0 spiro atoms. The van der Waals surface area contributed by atoms with Crippen LogP contribution in [0.3, 0.4) is 0 Å². The molecule has 0 fully saturated rings. The van der Waals surface area contributed by atoms with Crippen LogP contribution in [0.4, 0.5) is 0 Å². The van der Waals surface area contributed by atoms with Crippen LogP contribution in [-0.4, -0.2) is 15.0 Å². The van der Waals surface area contributed by atoms with Crippen LogP contribution in [0.15, 0.2) is 127 Å². The minimum Gasteiger partial charge on any atom is -0.208 e. The van der Waals surface area contributed by atoms with Gasteiger partial charge in [0.15, 0.2) is 17.5 Å². The average molecular weight is 582 g/mol. The van der Waals surface area contributed by atoms with Crippen molar-refractivity contribution in [2.45, 2.75) is 44.9 Å². The first kappa shape index (κ1) is 27.4. The lowest BCUT2D eigenvalue weighted by Crippen LogP contribution is -2.17. The Bertz CT molecular complexity index is 2250. The van der Waals surface area contributed by atoms with E-state index in [2.05, 4.69) is 137 Å². The molecule has 0 atom stereocenters. The molecule has 0 bridgehead atoms. The third kappa shape index (κ3) is 4.71. The van der Waals surface area contributed by atoms with Crippen molar-refractivity contribution >= 4 is 21.5 Å². The van der Waals surface area contributed by atoms with Gasteiger partial charge in [-0.1, -0.05) is 149 Å². The molecule has 0 aliphatic heterocycles. The molecule has 1 aliphatic carbocycles. The molecule has 3 nitrogen and oxygen atoms in total. The van der Waals surface area contributed by atoms with Crippen LogP contribution >= 0.6 is 0 Å². The van der Waals surface area contributed by atoms with Crippen LogP contribution in [0.1, 0.15) is 45.2 Å². The zero-order valence-electron chi connectivity index (χ0n) is 26.2. The van der Waals surface area contributed by atoms with Gasteiger partial charge in [-0.05, 0) is 67.1 Å². The Morgan fingerprint density at radius 2 is 1.04 bits per heavy atom. The highest BCUT2D eigenvalue weighted by molar-refractivity contribution is 6.11. The van der Waals surface area contributed by atoms with E-state index < -0.39 is 0 Å². The van der Waals surface area contributed by atoms with E-state index in [9.17, 15) is 0 Å². The maximum Gasteiger partial charge on any atom is 0.164 e. The summed E-state index contributed by atoms with van der Waals surface area (Å²) in [4.78, 5) is 15.2. The molecule has 1 heterocycles. The fourth-order valence-corrected chi connectivity index (χ4v) is 7.58. The Hall–Kier alpha value is -5.15. The van der Waals surface area contributed by atoms with E-state index in [0.29, 0.717) is 17.5 Å². The van der Waals surface area contributed by atoms with Gasteiger partial charge in [-0.25, -0.2) is 15.0 Å². The van der Waals surface area contributed by atoms with Crippen molar-refractivity contribution in [3.8, 4) is 45.3 Å². The second-order valence-electron chi connectivity index (χ2n) is 13.6. The lowest BCUT2D eigenvalue weighted by molar-refractivity contribution is 0.403. The van der Waals surface area contributed by atoms with Crippen molar-refractivity contribution in [3.05, 3.63) is 139 Å². The van der Waals surface area contributed by atoms with E-state index in [1.54, 1.807) is 0 Å². The molecule has 3 heteroatoms. The van der Waals surface area contributed by atoms with Gasteiger partial charge in [-0.2, -0.15) is 0 Å². The molecule has 8 rings (SSSR count). The monoisotopic (exact) mass is 581 g/mol. The summed E-state index contributed by atoms with van der Waals surface area (Å²) in [6, 6.07) is 45.1. The second kappa shape index (κ2) is 10.2. The third-order valence-electron chi connectivity index (χ3n) is 9.51. The Balaban J connectivity index is 1.29. The van der Waals surface area contributed by atoms with Gasteiger partial charge in [0.05, 0.1) is 0 Å². The Labute approximate surface area is 264 Å². The van der Waals surface area contributed by atoms with Gasteiger partial charge < -0.3 is 0 Å². The average Bonchev–Trinajstić information content (AvgIpc) is 3.26. The van der Waals surface area contributed by atoms with Crippen LogP contribution < -0.4 is 0 Å². The number of hydrogen-bond donors (Lipinski definition) is 0. The van der Waals surface area contributed by atoms with Crippen molar-refractivity contribution in [1.29, 1.82) is 0 Å². The standard InChI is InChI=1S/C42H35N3/c1-41(2)26-42(3,4)37-25-30(21-23-36(37)41)29-15-10-16-31(24-29)39-43-38(28-13-6-5-7-14-28)44-40(45-39)35-19-11-18-33-32-17-9-8-12-27(32)20-22-34(33)35/h5-25H,26H2,1-4H3. The zero-order valence-corrected chi connectivity index (χ0v) is 26.2. The largest absolute Gasteiger partial charge is 0.208 e. The molecule has 6 aromatic carbocycles. The van der Waals surface area contributed by atoms with Gasteiger partial charge in [-0.15, -0.1) is 0 Å². The smallest absolute Gasteiger partial charge is 0.164 e. The van der Waals surface area contributed by atoms with Gasteiger partial charge in [0.2, 0.25) is 0 Å². The van der Waals surface area contributed by atoms with Gasteiger partial charge in [0.1, 0.15) is 0 Å². The van der Waals surface area contributed by atoms with Crippen molar-refractivity contribution in [2.24, 2.45) is 0 Å². The molecule has 0 saturated heterocycles. The molecule has 0 unspecified atom stereocenters. The SMILES string of the molecule is CC1(C)CC(C)(C)c2cc(-c3cccc(-c4nc(-c5ccccc5)nc(-c5cccc6c5ccc5ccccc56)n4)c3)ccc21. The maximum absolute atomic E-state index is 5.14. The van der Waals surface area contributed by atoms with E-state index in [1.165, 1.54) is 32.8 Å². The number of rotatable bonds is 4. The Kier molecular flexibility index (Phi) is 6.21. The summed E-state index contributed by atoms with van der Waals surface area (Å²) in [5, 5.41) is 4.77. The molecular weight excluding hydrogens is 546 g/mol. The Morgan fingerprint density at radius 1 is 0.422 bits per heavy atom. The highest BCUT2D eigenvalue weighted by Crippen LogP contribution is 2.50. The summed E-state index contributed by atoms with van der Waals surface area (Å²) < 4.78 is 0. The van der Waals surface area contributed by atoms with Gasteiger partial charge in [-0.3, -0.25) is 0 Å². The summed E-state index contributed by atoms with van der Waals surface area (Å²) in [7, 11) is 0. The number of hydrogen-bond acceptors (Lipinski definition) is 3. The van der Waals surface area contributed by atoms with Crippen LogP contribution in [-0.2, 0) is 10.8 Å². The van der Waals surface area contributed by atoms with E-state index in [0.717, 1.165) is 34.1 Å². The molecular formula is C42H35N3. The quantitative estimate of drug-likeness (QED) is 0.194. The minimum atomic E-state index is 0.143. The molecule has 7 aromatic rings. The zero-order chi connectivity index (χ0) is 30.8. The molecule has 0 saturated carbocycles. The first-order valence-corrected chi connectivity index (χ1v) is 15.8. The number of benzene rings is 6. The molecule has 1 aromatic heterocycles. The van der Waals surface area contributed by atoms with Gasteiger partial charge >= 0.3 is 0 Å². The van der Waals surface area contributed by atoms with Gasteiger partial charge in [0.25, 0.3) is 0 Å². The van der Waals surface area contributed by atoms with E-state index in [-0.39, 0.29) is 10.8 Å². The maximum atomic E-state index is 5.14. The third-order valence-corrected chi connectivity index (χ3v) is 9.51. The highest BCUT2D eigenvalue weighted by atomic mass is 15.0. The second-order valence-corrected chi connectivity index (χ2v) is 13.6. The van der Waals surface area contributed by atoms with Crippen molar-refractivity contribution < 1.29 is 0 Å². The molecule has 0 amide bonds. The molecule has 218 valence electrons. The predicted octanol–water partition coefficient (Wildman–Crippen LogP) is 10.8. The van der Waals surface area contributed by atoms with E-state index in [4.69, 9.17) is 15.0 Å². The summed E-state index contributed by atoms with van der Waals surface area (Å²) >= 11 is 0. The normalized spacial score (nSPS) is 14.9. The predicted molar refractivity (Wildman–Crippen MR) is 187 cm³/mol. The van der Waals surface area contributed by atoms with Crippen molar-refractivity contribution in [3.63, 3.8) is 0 Å². The fraction of sp³-hybridized carbons (Fsp3) is 0.167. The first-order chi connectivity index (χ1) is 21.8. The van der Waals surface area contributed by atoms with E-state index in [1.807, 2.05) is 18.2 Å². The highest BCUT2D eigenvalue weighted by Gasteiger charge is 2.41. The molecule has 45 heavy (non-hydrogen) atoms. The molecule has 0 N–H and O–H groups in total. The van der Waals surface area contributed by atoms with Crippen molar-refractivity contribution in [1.82, 2.24) is 15.0 Å². The van der Waals surface area contributed by atoms with Gasteiger partial charge in [0, 0.05) is 16.7 Å². The van der Waals surface area contributed by atoms with Crippen LogP contribution in [0.5, 0.6) is 0 Å².